The molecule has 1 heterocycles. The lowest BCUT2D eigenvalue weighted by Gasteiger charge is -2.48. The molecule has 0 bridgehead atoms. The van der Waals surface area contributed by atoms with Crippen LogP contribution in [0.5, 0.6) is 0 Å². The number of carbonyl (C=O) groups is 2. The number of aliphatic carboxylic acids is 1. The Morgan fingerprint density at radius 1 is 1.15 bits per heavy atom. The van der Waals surface area contributed by atoms with Crippen molar-refractivity contribution in [1.82, 2.24) is 9.80 Å². The number of likely N-dealkylation sites (tertiary alicyclic amines) is 1. The number of allylic oxidation sites excluding steroid dienone is 1. The van der Waals surface area contributed by atoms with Crippen LogP contribution in [0.4, 0.5) is 0 Å². The van der Waals surface area contributed by atoms with Gasteiger partial charge in [-0.2, -0.15) is 0 Å². The van der Waals surface area contributed by atoms with Crippen LogP contribution in [0.3, 0.4) is 0 Å². The molecule has 4 rings (SSSR count). The Balaban J connectivity index is 1.40. The van der Waals surface area contributed by atoms with E-state index in [2.05, 4.69) is 45.6 Å². The van der Waals surface area contributed by atoms with E-state index in [9.17, 15) is 14.7 Å². The van der Waals surface area contributed by atoms with Gasteiger partial charge in [0.15, 0.2) is 6.04 Å². The lowest BCUT2D eigenvalue weighted by Crippen LogP contribution is -2.51. The molecule has 1 saturated carbocycles. The molecule has 7 atom stereocenters. The first-order chi connectivity index (χ1) is 18.6. The van der Waals surface area contributed by atoms with Gasteiger partial charge in [0.1, 0.15) is 0 Å². The fourth-order valence-corrected chi connectivity index (χ4v) is 7.03. The molecule has 2 fully saturated rings. The number of aliphatic imine (C=N–C) groups is 1. The molecular weight excluding hydrogens is 486 g/mol. The summed E-state index contributed by atoms with van der Waals surface area (Å²) in [5, 5.41) is 9.82. The summed E-state index contributed by atoms with van der Waals surface area (Å²) in [6, 6.07) is 9.84. The van der Waals surface area contributed by atoms with Crippen LogP contribution in [-0.2, 0) is 16.0 Å². The molecule has 214 valence electrons. The quantitative estimate of drug-likeness (QED) is 0.353. The maximum Gasteiger partial charge on any atom is 0.328 e. The molecule has 1 aromatic rings. The van der Waals surface area contributed by atoms with E-state index in [1.165, 1.54) is 18.5 Å². The Morgan fingerprint density at radius 3 is 2.44 bits per heavy atom. The molecular formula is C33H49N3O3. The fraction of sp³-hybridized carbons (Fsp3) is 0.667. The van der Waals surface area contributed by atoms with Crippen molar-refractivity contribution in [2.75, 3.05) is 13.6 Å². The molecule has 1 N–H and O–H groups in total. The van der Waals surface area contributed by atoms with Crippen molar-refractivity contribution in [2.45, 2.75) is 97.7 Å². The minimum absolute atomic E-state index is 0.255. The van der Waals surface area contributed by atoms with E-state index in [0.29, 0.717) is 48.5 Å². The zero-order valence-corrected chi connectivity index (χ0v) is 24.8. The summed E-state index contributed by atoms with van der Waals surface area (Å²) in [5.74, 6) is 1.52. The lowest BCUT2D eigenvalue weighted by molar-refractivity contribution is -0.138. The Labute approximate surface area is 235 Å². The van der Waals surface area contributed by atoms with Gasteiger partial charge in [0.2, 0.25) is 5.91 Å². The second-order valence-corrected chi connectivity index (χ2v) is 12.7. The van der Waals surface area contributed by atoms with Gasteiger partial charge in [-0.05, 0) is 54.9 Å². The smallest absolute Gasteiger partial charge is 0.328 e. The Morgan fingerprint density at radius 2 is 1.85 bits per heavy atom. The van der Waals surface area contributed by atoms with E-state index < -0.39 is 12.0 Å². The van der Waals surface area contributed by atoms with Crippen LogP contribution in [0.1, 0.15) is 78.7 Å². The zero-order chi connectivity index (χ0) is 28.3. The minimum atomic E-state index is -0.845. The average Bonchev–Trinajstić information content (AvgIpc) is 3.34. The molecule has 0 spiro atoms. The first kappa shape index (κ1) is 29.4. The summed E-state index contributed by atoms with van der Waals surface area (Å²) in [6.07, 6.45) is 8.91. The van der Waals surface area contributed by atoms with Gasteiger partial charge in [0.05, 0.1) is 0 Å². The molecule has 2 aliphatic carbocycles. The number of hydrogen-bond acceptors (Lipinski definition) is 4. The van der Waals surface area contributed by atoms with Crippen LogP contribution in [0.2, 0.25) is 0 Å². The van der Waals surface area contributed by atoms with Gasteiger partial charge >= 0.3 is 5.97 Å². The number of carbonyl (C=O) groups excluding carboxylic acids is 1. The monoisotopic (exact) mass is 535 g/mol. The van der Waals surface area contributed by atoms with Crippen molar-refractivity contribution in [3.05, 3.63) is 47.7 Å². The zero-order valence-electron chi connectivity index (χ0n) is 24.8. The van der Waals surface area contributed by atoms with Gasteiger partial charge in [-0.25, -0.2) is 4.79 Å². The highest BCUT2D eigenvalue weighted by atomic mass is 16.4. The highest BCUT2D eigenvalue weighted by molar-refractivity contribution is 5.94. The van der Waals surface area contributed by atoms with Crippen LogP contribution in [0.25, 0.3) is 0 Å². The second-order valence-electron chi connectivity index (χ2n) is 12.7. The molecule has 0 aromatic heterocycles. The van der Waals surface area contributed by atoms with Gasteiger partial charge in [0, 0.05) is 55.8 Å². The van der Waals surface area contributed by atoms with Gasteiger partial charge in [-0.1, -0.05) is 77.4 Å². The molecule has 6 heteroatoms. The maximum atomic E-state index is 12.9. The van der Waals surface area contributed by atoms with Crippen LogP contribution >= 0.6 is 0 Å². The van der Waals surface area contributed by atoms with Gasteiger partial charge in [-0.15, -0.1) is 0 Å². The molecule has 7 unspecified atom stereocenters. The summed E-state index contributed by atoms with van der Waals surface area (Å²) >= 11 is 0. The van der Waals surface area contributed by atoms with Crippen molar-refractivity contribution in [2.24, 2.45) is 34.6 Å². The number of benzene rings is 1. The Bertz CT molecular complexity index is 1070. The van der Waals surface area contributed by atoms with Crippen LogP contribution < -0.4 is 0 Å². The van der Waals surface area contributed by atoms with Crippen molar-refractivity contribution in [1.29, 1.82) is 0 Å². The SMILES string of the molecule is CCC(C)C(C1C=C(N2CCCC2C2CC(=NC(Cc3ccccc3)C(=O)O)C2C)C1)N(C)C(=O)CC(C)C. The van der Waals surface area contributed by atoms with Crippen molar-refractivity contribution < 1.29 is 14.7 Å². The summed E-state index contributed by atoms with van der Waals surface area (Å²) in [6.45, 7) is 12.1. The number of carboxylic acids is 1. The minimum Gasteiger partial charge on any atom is -0.480 e. The molecule has 6 nitrogen and oxygen atoms in total. The molecule has 1 aliphatic heterocycles. The number of rotatable bonds is 12. The van der Waals surface area contributed by atoms with Crippen molar-refractivity contribution in [3.63, 3.8) is 0 Å². The lowest BCUT2D eigenvalue weighted by atomic mass is 9.67. The van der Waals surface area contributed by atoms with Crippen LogP contribution in [-0.4, -0.2) is 64.2 Å². The predicted octanol–water partition coefficient (Wildman–Crippen LogP) is 6.07. The Hall–Kier alpha value is -2.63. The summed E-state index contributed by atoms with van der Waals surface area (Å²) in [4.78, 5) is 34.3. The second kappa shape index (κ2) is 12.7. The van der Waals surface area contributed by atoms with Gasteiger partial charge in [0.25, 0.3) is 0 Å². The van der Waals surface area contributed by atoms with Crippen LogP contribution in [0.15, 0.2) is 47.1 Å². The third kappa shape index (κ3) is 6.58. The molecule has 39 heavy (non-hydrogen) atoms. The Kier molecular flexibility index (Phi) is 9.56. The molecule has 1 aromatic carbocycles. The van der Waals surface area contributed by atoms with Gasteiger partial charge in [-0.3, -0.25) is 9.79 Å². The largest absolute Gasteiger partial charge is 0.480 e. The van der Waals surface area contributed by atoms with E-state index in [-0.39, 0.29) is 11.9 Å². The summed E-state index contributed by atoms with van der Waals surface area (Å²) in [7, 11) is 2.01. The van der Waals surface area contributed by atoms with E-state index >= 15 is 0 Å². The third-order valence-electron chi connectivity index (χ3n) is 9.59. The molecule has 1 amide bonds. The highest BCUT2D eigenvalue weighted by Gasteiger charge is 2.46. The first-order valence-electron chi connectivity index (χ1n) is 15.2. The van der Waals surface area contributed by atoms with E-state index in [1.54, 1.807) is 0 Å². The van der Waals surface area contributed by atoms with E-state index in [4.69, 9.17) is 4.99 Å². The van der Waals surface area contributed by atoms with E-state index in [0.717, 1.165) is 37.1 Å². The summed E-state index contributed by atoms with van der Waals surface area (Å²) < 4.78 is 0. The number of amides is 1. The normalized spacial score (nSPS) is 27.9. The van der Waals surface area contributed by atoms with Crippen molar-refractivity contribution in [3.8, 4) is 0 Å². The van der Waals surface area contributed by atoms with Crippen LogP contribution in [0, 0.1) is 29.6 Å². The highest BCUT2D eigenvalue weighted by Crippen LogP contribution is 2.46. The van der Waals surface area contributed by atoms with Crippen molar-refractivity contribution >= 4 is 17.6 Å². The molecule has 3 aliphatic rings. The molecule has 1 saturated heterocycles. The third-order valence-corrected chi connectivity index (χ3v) is 9.59. The fourth-order valence-electron chi connectivity index (χ4n) is 7.03. The first-order valence-corrected chi connectivity index (χ1v) is 15.2. The van der Waals surface area contributed by atoms with Gasteiger partial charge < -0.3 is 14.9 Å². The number of nitrogens with zero attached hydrogens (tertiary/aromatic N) is 3. The maximum absolute atomic E-state index is 12.9. The molecule has 0 radical (unpaired) electrons. The predicted molar refractivity (Wildman–Crippen MR) is 158 cm³/mol. The van der Waals surface area contributed by atoms with E-state index in [1.807, 2.05) is 42.3 Å². The standard InChI is InChI=1S/C33H49N3O3/c1-7-22(4)32(35(6)31(37)16-21(2)3)25-18-26(19-25)36-15-11-14-30(36)27-20-28(23(27)5)34-29(33(38)39)17-24-12-9-8-10-13-24/h8-10,12-13,18,21-23,25,27,29-30,32H,7,11,14-17,19-20H2,1-6H3,(H,38,39). The number of carboxylic acid groups (broad SMARTS) is 1. The summed E-state index contributed by atoms with van der Waals surface area (Å²) in [5.41, 5.74) is 3.53. The number of hydrogen-bond donors (Lipinski definition) is 1. The topological polar surface area (TPSA) is 73.2 Å². The average molecular weight is 536 g/mol.